The highest BCUT2D eigenvalue weighted by atomic mass is 32.2. The van der Waals surface area contributed by atoms with E-state index in [4.69, 9.17) is 9.52 Å². The van der Waals surface area contributed by atoms with Crippen LogP contribution in [-0.2, 0) is 0 Å². The van der Waals surface area contributed by atoms with Gasteiger partial charge in [0.25, 0.3) is 11.7 Å². The van der Waals surface area contributed by atoms with Gasteiger partial charge in [0.2, 0.25) is 0 Å². The fourth-order valence-electron chi connectivity index (χ4n) is 1.66. The largest absolute Gasteiger partial charge is 0.423 e. The molecule has 0 radical (unpaired) electrons. The standard InChI is InChI=1S/C12H15N3O4S/c16-6-2-7-20-8-5-13-12-14-11-9(15(17)18)3-1-4-10(11)19-12/h1,3-4,16H,2,5-8H2,(H,13,14). The molecule has 108 valence electrons. The second-order valence-corrected chi connectivity index (χ2v) is 5.24. The van der Waals surface area contributed by atoms with Crippen molar-refractivity contribution in [3.8, 4) is 0 Å². The highest BCUT2D eigenvalue weighted by Crippen LogP contribution is 2.27. The Labute approximate surface area is 119 Å². The Hall–Kier alpha value is -1.80. The fourth-order valence-corrected chi connectivity index (χ4v) is 2.44. The van der Waals surface area contributed by atoms with Crippen molar-refractivity contribution in [2.75, 3.05) is 30.0 Å². The van der Waals surface area contributed by atoms with Crippen LogP contribution in [0.2, 0.25) is 0 Å². The third-order valence-electron chi connectivity index (χ3n) is 2.56. The Morgan fingerprint density at radius 2 is 2.30 bits per heavy atom. The molecule has 0 bridgehead atoms. The van der Waals surface area contributed by atoms with Crippen LogP contribution in [-0.4, -0.2) is 39.7 Å². The van der Waals surface area contributed by atoms with E-state index in [1.54, 1.807) is 23.9 Å². The van der Waals surface area contributed by atoms with Crippen molar-refractivity contribution < 1.29 is 14.4 Å². The van der Waals surface area contributed by atoms with E-state index in [1.807, 2.05) is 0 Å². The number of aliphatic hydroxyl groups excluding tert-OH is 1. The summed E-state index contributed by atoms with van der Waals surface area (Å²) in [7, 11) is 0. The van der Waals surface area contributed by atoms with E-state index in [0.717, 1.165) is 17.9 Å². The summed E-state index contributed by atoms with van der Waals surface area (Å²) in [4.78, 5) is 14.5. The molecule has 1 aromatic carbocycles. The topological polar surface area (TPSA) is 101 Å². The first-order valence-electron chi connectivity index (χ1n) is 6.19. The maximum Gasteiger partial charge on any atom is 0.298 e. The van der Waals surface area contributed by atoms with E-state index in [-0.39, 0.29) is 23.8 Å². The summed E-state index contributed by atoms with van der Waals surface area (Å²) in [6, 6.07) is 4.91. The molecule has 0 amide bonds. The smallest absolute Gasteiger partial charge is 0.298 e. The molecular weight excluding hydrogens is 282 g/mol. The van der Waals surface area contributed by atoms with Crippen LogP contribution in [0.25, 0.3) is 11.1 Å². The molecule has 0 aliphatic carbocycles. The molecule has 7 nitrogen and oxygen atoms in total. The maximum atomic E-state index is 10.9. The summed E-state index contributed by atoms with van der Waals surface area (Å²) in [5.74, 6) is 1.75. The van der Waals surface area contributed by atoms with Crippen LogP contribution in [0.15, 0.2) is 22.6 Å². The van der Waals surface area contributed by atoms with Crippen LogP contribution >= 0.6 is 11.8 Å². The molecule has 2 rings (SSSR count). The van der Waals surface area contributed by atoms with E-state index in [1.165, 1.54) is 6.07 Å². The number of nitro benzene ring substituents is 1. The van der Waals surface area contributed by atoms with Gasteiger partial charge in [0.05, 0.1) is 4.92 Å². The zero-order chi connectivity index (χ0) is 14.4. The molecule has 1 aromatic heterocycles. The van der Waals surface area contributed by atoms with E-state index in [2.05, 4.69) is 10.3 Å². The number of thioether (sulfide) groups is 1. The van der Waals surface area contributed by atoms with Gasteiger partial charge in [-0.3, -0.25) is 10.1 Å². The van der Waals surface area contributed by atoms with Gasteiger partial charge < -0.3 is 14.8 Å². The number of nitrogens with zero attached hydrogens (tertiary/aromatic N) is 2. The Balaban J connectivity index is 1.95. The number of hydrogen-bond donors (Lipinski definition) is 2. The third kappa shape index (κ3) is 3.61. The molecular formula is C12H15N3O4S. The maximum absolute atomic E-state index is 10.9. The molecule has 8 heteroatoms. The third-order valence-corrected chi connectivity index (χ3v) is 3.63. The number of aliphatic hydroxyl groups is 1. The molecule has 0 unspecified atom stereocenters. The highest BCUT2D eigenvalue weighted by Gasteiger charge is 2.16. The SMILES string of the molecule is O=[N+]([O-])c1cccc2oc(NCCSCCCO)nc12. The number of fused-ring (bicyclic) bond motifs is 1. The van der Waals surface area contributed by atoms with Crippen molar-refractivity contribution in [3.05, 3.63) is 28.3 Å². The number of benzene rings is 1. The number of nitrogens with one attached hydrogen (secondary N) is 1. The molecule has 2 aromatic rings. The molecule has 2 N–H and O–H groups in total. The molecule has 20 heavy (non-hydrogen) atoms. The van der Waals surface area contributed by atoms with E-state index in [9.17, 15) is 10.1 Å². The number of hydrogen-bond acceptors (Lipinski definition) is 7. The van der Waals surface area contributed by atoms with Gasteiger partial charge in [0.1, 0.15) is 0 Å². The first kappa shape index (κ1) is 14.6. The second kappa shape index (κ2) is 7.11. The number of rotatable bonds is 8. The number of aromatic nitrogens is 1. The van der Waals surface area contributed by atoms with Crippen LogP contribution in [0.5, 0.6) is 0 Å². The van der Waals surface area contributed by atoms with Crippen molar-refractivity contribution in [2.24, 2.45) is 0 Å². The Kier molecular flexibility index (Phi) is 5.19. The van der Waals surface area contributed by atoms with Gasteiger partial charge >= 0.3 is 0 Å². The average Bonchev–Trinajstić information content (AvgIpc) is 2.84. The molecule has 0 saturated carbocycles. The molecule has 0 atom stereocenters. The monoisotopic (exact) mass is 297 g/mol. The zero-order valence-electron chi connectivity index (χ0n) is 10.7. The lowest BCUT2D eigenvalue weighted by Gasteiger charge is -2.00. The van der Waals surface area contributed by atoms with E-state index in [0.29, 0.717) is 12.1 Å². The van der Waals surface area contributed by atoms with Gasteiger partial charge in [0.15, 0.2) is 11.1 Å². The van der Waals surface area contributed by atoms with Crippen LogP contribution in [0.3, 0.4) is 0 Å². The summed E-state index contributed by atoms with van der Waals surface area (Å²) in [6.07, 6.45) is 0.778. The van der Waals surface area contributed by atoms with Crippen molar-refractivity contribution in [3.63, 3.8) is 0 Å². The molecule has 0 saturated heterocycles. The van der Waals surface area contributed by atoms with Crippen LogP contribution in [0, 0.1) is 10.1 Å². The minimum atomic E-state index is -0.473. The van der Waals surface area contributed by atoms with E-state index < -0.39 is 4.92 Å². The number of oxazole rings is 1. The van der Waals surface area contributed by atoms with Crippen molar-refractivity contribution in [2.45, 2.75) is 6.42 Å². The molecule has 0 fully saturated rings. The Bertz CT molecular complexity index is 587. The number of nitro groups is 1. The van der Waals surface area contributed by atoms with Gasteiger partial charge in [-0.2, -0.15) is 16.7 Å². The lowest BCUT2D eigenvalue weighted by Crippen LogP contribution is -2.04. The zero-order valence-corrected chi connectivity index (χ0v) is 11.6. The average molecular weight is 297 g/mol. The number of non-ortho nitro benzene ring substituents is 1. The second-order valence-electron chi connectivity index (χ2n) is 4.02. The minimum Gasteiger partial charge on any atom is -0.423 e. The predicted molar refractivity (Wildman–Crippen MR) is 78.2 cm³/mol. The minimum absolute atomic E-state index is 0.0587. The molecule has 1 heterocycles. The summed E-state index contributed by atoms with van der Waals surface area (Å²) in [6.45, 7) is 0.853. The summed E-state index contributed by atoms with van der Waals surface area (Å²) in [5, 5.41) is 22.5. The normalized spacial score (nSPS) is 10.8. The summed E-state index contributed by atoms with van der Waals surface area (Å²) < 4.78 is 5.41. The highest BCUT2D eigenvalue weighted by molar-refractivity contribution is 7.99. The van der Waals surface area contributed by atoms with Crippen LogP contribution in [0.1, 0.15) is 6.42 Å². The van der Waals surface area contributed by atoms with Crippen molar-refractivity contribution in [1.82, 2.24) is 4.98 Å². The Morgan fingerprint density at radius 1 is 1.45 bits per heavy atom. The number of para-hydroxylation sites is 1. The summed E-state index contributed by atoms with van der Waals surface area (Å²) in [5.41, 5.74) is 0.596. The predicted octanol–water partition coefficient (Wildman–Crippen LogP) is 2.26. The molecule has 0 aliphatic heterocycles. The van der Waals surface area contributed by atoms with Gasteiger partial charge in [0, 0.05) is 25.0 Å². The van der Waals surface area contributed by atoms with Crippen LogP contribution < -0.4 is 5.32 Å². The van der Waals surface area contributed by atoms with Crippen LogP contribution in [0.4, 0.5) is 11.7 Å². The lowest BCUT2D eigenvalue weighted by molar-refractivity contribution is -0.383. The molecule has 0 aliphatic rings. The number of anilines is 1. The Morgan fingerprint density at radius 3 is 3.05 bits per heavy atom. The fraction of sp³-hybridized carbons (Fsp3) is 0.417. The van der Waals surface area contributed by atoms with Gasteiger partial charge in [-0.25, -0.2) is 0 Å². The molecule has 0 spiro atoms. The van der Waals surface area contributed by atoms with Crippen molar-refractivity contribution in [1.29, 1.82) is 0 Å². The quantitative estimate of drug-likeness (QED) is 0.438. The first-order chi connectivity index (χ1) is 9.72. The van der Waals surface area contributed by atoms with Gasteiger partial charge in [-0.05, 0) is 18.2 Å². The summed E-state index contributed by atoms with van der Waals surface area (Å²) >= 11 is 1.71. The first-order valence-corrected chi connectivity index (χ1v) is 7.34. The van der Waals surface area contributed by atoms with Crippen molar-refractivity contribution >= 4 is 34.6 Å². The van der Waals surface area contributed by atoms with Gasteiger partial charge in [-0.15, -0.1) is 0 Å². The van der Waals surface area contributed by atoms with Gasteiger partial charge in [-0.1, -0.05) is 6.07 Å². The lowest BCUT2D eigenvalue weighted by atomic mass is 10.3. The van der Waals surface area contributed by atoms with E-state index >= 15 is 0 Å².